The number of methoxy groups -OCH3 is 1. The third-order valence-electron chi connectivity index (χ3n) is 5.53. The van der Waals surface area contributed by atoms with Gasteiger partial charge in [-0.3, -0.25) is 14.5 Å². The molecule has 8 heteroatoms. The van der Waals surface area contributed by atoms with E-state index in [-0.39, 0.29) is 16.4 Å². The molecule has 3 aromatic rings. The van der Waals surface area contributed by atoms with Gasteiger partial charge >= 0.3 is 0 Å². The number of carbonyl (C=O) groups is 2. The van der Waals surface area contributed by atoms with Gasteiger partial charge in [-0.1, -0.05) is 47.5 Å². The summed E-state index contributed by atoms with van der Waals surface area (Å²) in [6.45, 7) is 1.88. The van der Waals surface area contributed by atoms with E-state index >= 15 is 0 Å². The van der Waals surface area contributed by atoms with Crippen LogP contribution in [0.2, 0.25) is 10.0 Å². The lowest BCUT2D eigenvalue weighted by atomic mass is 9.92. The minimum absolute atomic E-state index is 0.0163. The van der Waals surface area contributed by atoms with Crippen LogP contribution in [0.25, 0.3) is 5.76 Å². The van der Waals surface area contributed by atoms with Crippen LogP contribution in [0.5, 0.6) is 5.75 Å². The summed E-state index contributed by atoms with van der Waals surface area (Å²) >= 11 is 15.7. The van der Waals surface area contributed by atoms with Gasteiger partial charge in [-0.25, -0.2) is 0 Å². The van der Waals surface area contributed by atoms with Crippen molar-refractivity contribution in [2.24, 2.45) is 0 Å². The van der Waals surface area contributed by atoms with Crippen LogP contribution in [0, 0.1) is 6.92 Å². The Morgan fingerprint density at radius 1 is 1.03 bits per heavy atom. The van der Waals surface area contributed by atoms with Gasteiger partial charge in [0.2, 0.25) is 0 Å². The summed E-state index contributed by atoms with van der Waals surface area (Å²) in [6, 6.07) is 16.2. The minimum Gasteiger partial charge on any atom is -0.507 e. The standard InChI is InChI=1S/C25H18BrCl2NO4/c1-13-5-3-4-6-16(13)22-21(23(30)14-7-10-20(33-2)17(26)11-14)24(31)25(32)29(22)15-8-9-18(27)19(28)12-15/h3-12,22,30H,1-2H3/b23-21+. The molecule has 0 spiro atoms. The molecule has 1 heterocycles. The van der Waals surface area contributed by atoms with Gasteiger partial charge in [0.15, 0.2) is 0 Å². The van der Waals surface area contributed by atoms with E-state index in [1.54, 1.807) is 30.3 Å². The zero-order valence-corrected chi connectivity index (χ0v) is 20.7. The molecule has 4 rings (SSSR count). The summed E-state index contributed by atoms with van der Waals surface area (Å²) in [6.07, 6.45) is 0. The Morgan fingerprint density at radius 3 is 2.39 bits per heavy atom. The molecule has 1 aliphatic heterocycles. The van der Waals surface area contributed by atoms with Crippen molar-refractivity contribution in [1.29, 1.82) is 0 Å². The Balaban J connectivity index is 1.97. The third kappa shape index (κ3) is 4.14. The molecule has 0 aliphatic carbocycles. The van der Waals surface area contributed by atoms with Crippen molar-refractivity contribution >= 4 is 62.3 Å². The highest BCUT2D eigenvalue weighted by Crippen LogP contribution is 2.44. The molecular weight excluding hydrogens is 529 g/mol. The number of ketones is 1. The van der Waals surface area contributed by atoms with Gasteiger partial charge in [-0.15, -0.1) is 0 Å². The largest absolute Gasteiger partial charge is 0.507 e. The number of anilines is 1. The van der Waals surface area contributed by atoms with Crippen LogP contribution >= 0.6 is 39.1 Å². The van der Waals surface area contributed by atoms with E-state index in [0.29, 0.717) is 32.1 Å². The van der Waals surface area contributed by atoms with Crippen molar-refractivity contribution in [1.82, 2.24) is 0 Å². The van der Waals surface area contributed by atoms with Crippen LogP contribution in [0.15, 0.2) is 70.7 Å². The lowest BCUT2D eigenvalue weighted by Crippen LogP contribution is -2.29. The molecule has 1 aliphatic rings. The second-order valence-corrected chi connectivity index (χ2v) is 9.14. The maximum absolute atomic E-state index is 13.3. The highest BCUT2D eigenvalue weighted by Gasteiger charge is 2.47. The first kappa shape index (κ1) is 23.4. The van der Waals surface area contributed by atoms with Crippen LogP contribution in [0.3, 0.4) is 0 Å². The molecule has 1 amide bonds. The molecule has 168 valence electrons. The van der Waals surface area contributed by atoms with Crippen LogP contribution < -0.4 is 9.64 Å². The molecule has 0 aromatic heterocycles. The number of aryl methyl sites for hydroxylation is 1. The van der Waals surface area contributed by atoms with Crippen LogP contribution in [0.1, 0.15) is 22.7 Å². The number of amides is 1. The lowest BCUT2D eigenvalue weighted by molar-refractivity contribution is -0.132. The maximum Gasteiger partial charge on any atom is 0.300 e. The normalized spacial score (nSPS) is 17.5. The van der Waals surface area contributed by atoms with Crippen molar-refractivity contribution in [2.45, 2.75) is 13.0 Å². The van der Waals surface area contributed by atoms with Gasteiger partial charge in [-0.05, 0) is 70.4 Å². The maximum atomic E-state index is 13.3. The Labute approximate surface area is 209 Å². The average molecular weight is 547 g/mol. The van der Waals surface area contributed by atoms with E-state index < -0.39 is 17.7 Å². The number of aliphatic hydroxyl groups excluding tert-OH is 1. The van der Waals surface area contributed by atoms with Gasteiger partial charge < -0.3 is 9.84 Å². The quantitative estimate of drug-likeness (QED) is 0.224. The Kier molecular flexibility index (Phi) is 6.52. The fourth-order valence-corrected chi connectivity index (χ4v) is 4.72. The van der Waals surface area contributed by atoms with E-state index in [9.17, 15) is 14.7 Å². The molecule has 1 saturated heterocycles. The molecule has 0 radical (unpaired) electrons. The van der Waals surface area contributed by atoms with Gasteiger partial charge in [0.1, 0.15) is 11.5 Å². The summed E-state index contributed by atoms with van der Waals surface area (Å²) in [7, 11) is 1.53. The van der Waals surface area contributed by atoms with E-state index in [2.05, 4.69) is 15.9 Å². The van der Waals surface area contributed by atoms with Crippen molar-refractivity contribution in [3.05, 3.63) is 97.4 Å². The number of halogens is 3. The number of aliphatic hydroxyl groups is 1. The molecule has 1 fully saturated rings. The molecule has 1 N–H and O–H groups in total. The number of rotatable bonds is 4. The molecule has 5 nitrogen and oxygen atoms in total. The second-order valence-electron chi connectivity index (χ2n) is 7.47. The summed E-state index contributed by atoms with van der Waals surface area (Å²) in [4.78, 5) is 27.8. The van der Waals surface area contributed by atoms with Crippen molar-refractivity contribution < 1.29 is 19.4 Å². The van der Waals surface area contributed by atoms with Gasteiger partial charge in [0.05, 0.1) is 33.2 Å². The molecule has 1 atom stereocenters. The van der Waals surface area contributed by atoms with E-state index in [1.165, 1.54) is 18.1 Å². The third-order valence-corrected chi connectivity index (χ3v) is 6.89. The summed E-state index contributed by atoms with van der Waals surface area (Å²) in [5.41, 5.74) is 2.31. The number of hydrogen-bond acceptors (Lipinski definition) is 4. The fourth-order valence-electron chi connectivity index (χ4n) is 3.89. The highest BCUT2D eigenvalue weighted by molar-refractivity contribution is 9.10. The predicted molar refractivity (Wildman–Crippen MR) is 133 cm³/mol. The Morgan fingerprint density at radius 2 is 1.76 bits per heavy atom. The van der Waals surface area contributed by atoms with Crippen LogP contribution in [-0.2, 0) is 9.59 Å². The first-order valence-electron chi connectivity index (χ1n) is 9.90. The fraction of sp³-hybridized carbons (Fsp3) is 0.120. The number of ether oxygens (including phenoxy) is 1. The number of hydrogen-bond donors (Lipinski definition) is 1. The monoisotopic (exact) mass is 545 g/mol. The summed E-state index contributed by atoms with van der Waals surface area (Å²) < 4.78 is 5.85. The highest BCUT2D eigenvalue weighted by atomic mass is 79.9. The second kappa shape index (κ2) is 9.21. The number of benzene rings is 3. The number of carbonyl (C=O) groups excluding carboxylic acids is 2. The predicted octanol–water partition coefficient (Wildman–Crippen LogP) is 6.70. The Hall–Kier alpha value is -2.80. The summed E-state index contributed by atoms with van der Waals surface area (Å²) in [5.74, 6) is -1.28. The Bertz CT molecular complexity index is 1320. The SMILES string of the molecule is COc1ccc(/C(O)=C2\C(=O)C(=O)N(c3ccc(Cl)c(Cl)c3)C2c2ccccc2C)cc1Br. The number of nitrogens with zero attached hydrogens (tertiary/aromatic N) is 1. The van der Waals surface area contributed by atoms with Gasteiger partial charge in [0, 0.05) is 11.3 Å². The van der Waals surface area contributed by atoms with Crippen molar-refractivity contribution in [3.8, 4) is 5.75 Å². The molecular formula is C25H18BrCl2NO4. The number of Topliss-reactive ketones (excluding diaryl/α,β-unsaturated/α-hetero) is 1. The average Bonchev–Trinajstić information content (AvgIpc) is 3.06. The van der Waals surface area contributed by atoms with Gasteiger partial charge in [-0.2, -0.15) is 0 Å². The topological polar surface area (TPSA) is 66.8 Å². The smallest absolute Gasteiger partial charge is 0.300 e. The van der Waals surface area contributed by atoms with Crippen LogP contribution in [-0.4, -0.2) is 23.9 Å². The summed E-state index contributed by atoms with van der Waals surface area (Å²) in [5, 5.41) is 11.8. The van der Waals surface area contributed by atoms with Crippen molar-refractivity contribution in [2.75, 3.05) is 12.0 Å². The first-order valence-corrected chi connectivity index (χ1v) is 11.4. The molecule has 0 bridgehead atoms. The molecule has 0 saturated carbocycles. The van der Waals surface area contributed by atoms with Crippen LogP contribution in [0.4, 0.5) is 5.69 Å². The van der Waals surface area contributed by atoms with E-state index in [4.69, 9.17) is 27.9 Å². The molecule has 33 heavy (non-hydrogen) atoms. The first-order chi connectivity index (χ1) is 15.7. The van der Waals surface area contributed by atoms with E-state index in [0.717, 1.165) is 5.56 Å². The zero-order chi connectivity index (χ0) is 23.9. The molecule has 1 unspecified atom stereocenters. The molecule has 3 aromatic carbocycles. The van der Waals surface area contributed by atoms with E-state index in [1.807, 2.05) is 31.2 Å². The van der Waals surface area contributed by atoms with Crippen molar-refractivity contribution in [3.63, 3.8) is 0 Å². The van der Waals surface area contributed by atoms with Gasteiger partial charge in [0.25, 0.3) is 11.7 Å². The zero-order valence-electron chi connectivity index (χ0n) is 17.6. The lowest BCUT2D eigenvalue weighted by Gasteiger charge is -2.27. The minimum atomic E-state index is -0.857.